The van der Waals surface area contributed by atoms with E-state index in [2.05, 4.69) is 31.3 Å². The Bertz CT molecular complexity index is 1120. The number of allylic oxidation sites excluding steroid dienone is 2. The maximum absolute atomic E-state index is 12.7. The van der Waals surface area contributed by atoms with E-state index in [0.29, 0.717) is 12.8 Å². The van der Waals surface area contributed by atoms with Crippen LogP contribution in [0.4, 0.5) is 0 Å². The first kappa shape index (κ1) is 75.0. The number of carbonyl (C=O) groups is 1. The van der Waals surface area contributed by atoms with Gasteiger partial charge in [-0.05, 0) is 38.5 Å². The van der Waals surface area contributed by atoms with Crippen LogP contribution in [0.15, 0.2) is 12.2 Å². The lowest BCUT2D eigenvalue weighted by atomic mass is 10.00. The van der Waals surface area contributed by atoms with E-state index < -0.39 is 36.9 Å². The monoisotopic (exact) mass is 1070 g/mol. The second-order valence-corrected chi connectivity index (χ2v) is 24.6. The average Bonchev–Trinajstić information content (AvgIpc) is 3.42. The fraction of sp³-hybridized carbons (Fsp3) is 0.957. The molecule has 1 amide bonds. The van der Waals surface area contributed by atoms with E-state index in [-0.39, 0.29) is 0 Å². The summed E-state index contributed by atoms with van der Waals surface area (Å²) < 4.78 is 0. The molecule has 0 aromatic heterocycles. The van der Waals surface area contributed by atoms with Crippen LogP contribution in [-0.4, -0.2) is 57.3 Å². The van der Waals surface area contributed by atoms with E-state index in [9.17, 15) is 25.2 Å². The van der Waals surface area contributed by atoms with Gasteiger partial charge in [0.05, 0.1) is 18.8 Å². The third-order valence-electron chi connectivity index (χ3n) is 17.0. The topological polar surface area (TPSA) is 110 Å². The van der Waals surface area contributed by atoms with Crippen LogP contribution < -0.4 is 5.32 Å². The Labute approximate surface area is 476 Å². The molecule has 0 aliphatic heterocycles. The minimum atomic E-state index is -1.28. The van der Waals surface area contributed by atoms with Crippen molar-refractivity contribution in [3.8, 4) is 0 Å². The SMILES string of the molecule is CCCCCCCCCCCCCCCCCCCCCCCCCCCC/C=C/CCCC(O)C(O)C(CO)NC(=O)C(O)CCCCCCCCCCCCCCCCCCCCCCCCCCCCCCC. The van der Waals surface area contributed by atoms with Crippen molar-refractivity contribution in [1.82, 2.24) is 5.32 Å². The summed E-state index contributed by atoms with van der Waals surface area (Å²) in [7, 11) is 0. The van der Waals surface area contributed by atoms with Crippen LogP contribution in [0.5, 0.6) is 0 Å². The fourth-order valence-electron chi connectivity index (χ4n) is 11.5. The lowest BCUT2D eigenvalue weighted by Gasteiger charge is -2.27. The molecular formula is C70H139NO5. The van der Waals surface area contributed by atoms with Crippen molar-refractivity contribution < 1.29 is 25.2 Å². The maximum Gasteiger partial charge on any atom is 0.249 e. The Morgan fingerprint density at radius 3 is 0.789 bits per heavy atom. The average molecular weight is 1070 g/mol. The van der Waals surface area contributed by atoms with Crippen LogP contribution in [0.3, 0.4) is 0 Å². The van der Waals surface area contributed by atoms with E-state index in [1.807, 2.05) is 0 Å². The molecule has 76 heavy (non-hydrogen) atoms. The smallest absolute Gasteiger partial charge is 0.249 e. The van der Waals surface area contributed by atoms with Crippen LogP contribution in [-0.2, 0) is 4.79 Å². The highest BCUT2D eigenvalue weighted by atomic mass is 16.3. The molecule has 0 rings (SSSR count). The molecule has 0 radical (unpaired) electrons. The minimum absolute atomic E-state index is 0.369. The number of rotatable bonds is 66. The van der Waals surface area contributed by atoms with Gasteiger partial charge in [0.1, 0.15) is 12.2 Å². The first-order valence-electron chi connectivity index (χ1n) is 35.1. The molecule has 0 saturated heterocycles. The lowest BCUT2D eigenvalue weighted by molar-refractivity contribution is -0.132. The summed E-state index contributed by atoms with van der Waals surface area (Å²) in [4.78, 5) is 12.7. The predicted molar refractivity (Wildman–Crippen MR) is 335 cm³/mol. The van der Waals surface area contributed by atoms with Crippen LogP contribution in [0, 0.1) is 0 Å². The Balaban J connectivity index is 3.54. The summed E-state index contributed by atoms with van der Waals surface area (Å²) in [5.41, 5.74) is 0. The fourth-order valence-corrected chi connectivity index (χ4v) is 11.5. The number of carbonyl (C=O) groups excluding carboxylic acids is 1. The van der Waals surface area contributed by atoms with Gasteiger partial charge in [0.25, 0.3) is 0 Å². The quantitative estimate of drug-likeness (QED) is 0.0308. The maximum atomic E-state index is 12.7. The summed E-state index contributed by atoms with van der Waals surface area (Å²) in [6.07, 6.45) is 80.6. The van der Waals surface area contributed by atoms with Gasteiger partial charge in [-0.25, -0.2) is 0 Å². The Kier molecular flexibility index (Phi) is 64.1. The summed E-state index contributed by atoms with van der Waals surface area (Å²) in [5.74, 6) is -0.584. The van der Waals surface area contributed by atoms with Crippen molar-refractivity contribution in [3.05, 3.63) is 12.2 Å². The summed E-state index contributed by atoms with van der Waals surface area (Å²) >= 11 is 0. The summed E-state index contributed by atoms with van der Waals surface area (Å²) in [6, 6.07) is -1.00. The van der Waals surface area contributed by atoms with Gasteiger partial charge in [-0.2, -0.15) is 0 Å². The van der Waals surface area contributed by atoms with Gasteiger partial charge >= 0.3 is 0 Å². The largest absolute Gasteiger partial charge is 0.394 e. The number of unbranched alkanes of at least 4 members (excludes halogenated alkanes) is 55. The van der Waals surface area contributed by atoms with Crippen molar-refractivity contribution in [2.24, 2.45) is 0 Å². The Morgan fingerprint density at radius 2 is 0.539 bits per heavy atom. The zero-order valence-corrected chi connectivity index (χ0v) is 51.8. The van der Waals surface area contributed by atoms with Crippen molar-refractivity contribution in [3.63, 3.8) is 0 Å². The van der Waals surface area contributed by atoms with Crippen LogP contribution in [0.25, 0.3) is 0 Å². The van der Waals surface area contributed by atoms with E-state index >= 15 is 0 Å². The van der Waals surface area contributed by atoms with Gasteiger partial charge < -0.3 is 25.7 Å². The predicted octanol–water partition coefficient (Wildman–Crippen LogP) is 21.5. The van der Waals surface area contributed by atoms with Crippen LogP contribution in [0.1, 0.15) is 399 Å². The molecule has 5 N–H and O–H groups in total. The van der Waals surface area contributed by atoms with Crippen LogP contribution >= 0.6 is 0 Å². The second kappa shape index (κ2) is 64.9. The standard InChI is InChI=1S/C70H139NO5/c1-3-5-7-9-11-13-15-17-19-21-23-25-27-29-31-33-34-36-37-39-41-43-45-47-49-51-53-55-57-59-61-63-67(73)69(75)66(65-72)71-70(76)68(74)64-62-60-58-56-54-52-50-48-46-44-42-40-38-35-32-30-28-26-24-22-20-18-16-14-12-10-8-6-4-2/h55,57,66-69,72-75H,3-54,56,58-65H2,1-2H3,(H,71,76)/b57-55+. The molecule has 0 aliphatic carbocycles. The molecule has 0 spiro atoms. The highest BCUT2D eigenvalue weighted by Gasteiger charge is 2.28. The third-order valence-corrected chi connectivity index (χ3v) is 17.0. The first-order valence-corrected chi connectivity index (χ1v) is 35.1. The Morgan fingerprint density at radius 1 is 0.316 bits per heavy atom. The summed E-state index contributed by atoms with van der Waals surface area (Å²) in [5, 5.41) is 44.2. The molecule has 454 valence electrons. The van der Waals surface area contributed by atoms with Gasteiger partial charge in [-0.3, -0.25) is 4.79 Å². The lowest BCUT2D eigenvalue weighted by Crippen LogP contribution is -2.53. The molecule has 0 fully saturated rings. The molecule has 0 aromatic rings. The molecule has 0 heterocycles. The first-order chi connectivity index (χ1) is 37.5. The van der Waals surface area contributed by atoms with Gasteiger partial charge in [-0.15, -0.1) is 0 Å². The third kappa shape index (κ3) is 57.7. The van der Waals surface area contributed by atoms with Crippen molar-refractivity contribution in [2.45, 2.75) is 423 Å². The van der Waals surface area contributed by atoms with Gasteiger partial charge in [0.2, 0.25) is 5.91 Å². The van der Waals surface area contributed by atoms with E-state index in [4.69, 9.17) is 0 Å². The van der Waals surface area contributed by atoms with Crippen molar-refractivity contribution >= 4 is 5.91 Å². The van der Waals surface area contributed by atoms with Gasteiger partial charge in [0.15, 0.2) is 0 Å². The zero-order chi connectivity index (χ0) is 55.1. The molecule has 4 unspecified atom stereocenters. The van der Waals surface area contributed by atoms with E-state index in [1.54, 1.807) is 0 Å². The molecule has 0 aliphatic rings. The second-order valence-electron chi connectivity index (χ2n) is 24.6. The van der Waals surface area contributed by atoms with E-state index in [1.165, 1.54) is 334 Å². The molecule has 0 aromatic carbocycles. The number of aliphatic hydroxyl groups is 4. The molecule has 6 nitrogen and oxygen atoms in total. The number of hydrogen-bond donors (Lipinski definition) is 5. The molecule has 4 atom stereocenters. The number of amides is 1. The molecular weight excluding hydrogens is 935 g/mol. The number of hydrogen-bond acceptors (Lipinski definition) is 5. The van der Waals surface area contributed by atoms with Crippen molar-refractivity contribution in [2.75, 3.05) is 6.61 Å². The van der Waals surface area contributed by atoms with Crippen LogP contribution in [0.2, 0.25) is 0 Å². The molecule has 6 heteroatoms. The highest BCUT2D eigenvalue weighted by molar-refractivity contribution is 5.80. The highest BCUT2D eigenvalue weighted by Crippen LogP contribution is 2.20. The number of aliphatic hydroxyl groups excluding tert-OH is 4. The van der Waals surface area contributed by atoms with Crippen molar-refractivity contribution in [1.29, 1.82) is 0 Å². The Hall–Kier alpha value is -0.950. The van der Waals surface area contributed by atoms with Gasteiger partial charge in [0, 0.05) is 0 Å². The molecule has 0 bridgehead atoms. The normalized spacial score (nSPS) is 13.5. The minimum Gasteiger partial charge on any atom is -0.394 e. The number of nitrogens with one attached hydrogen (secondary N) is 1. The van der Waals surface area contributed by atoms with E-state index in [0.717, 1.165) is 38.5 Å². The molecule has 0 saturated carbocycles. The summed E-state index contributed by atoms with van der Waals surface area (Å²) in [6.45, 7) is 4.11. The zero-order valence-electron chi connectivity index (χ0n) is 51.8. The van der Waals surface area contributed by atoms with Gasteiger partial charge in [-0.1, -0.05) is 373 Å².